The number of hydrogen-bond acceptors (Lipinski definition) is 3. The SMILES string of the molecule is CC(C(=O)O)[C@H]1CCCN(Cc2ccc3c(C(F)(F)F)c(OC4CCC(C(F)(F)F)CC4)ccc3c2)C1. The minimum atomic E-state index is -4.70. The van der Waals surface area contributed by atoms with Gasteiger partial charge in [-0.15, -0.1) is 0 Å². The Morgan fingerprint density at radius 3 is 2.38 bits per heavy atom. The number of hydrogen-bond donors (Lipinski definition) is 1. The minimum Gasteiger partial charge on any atom is -0.490 e. The highest BCUT2D eigenvalue weighted by atomic mass is 19.4. The number of halogens is 6. The molecule has 4 nitrogen and oxygen atoms in total. The van der Waals surface area contributed by atoms with Crippen LogP contribution in [0.1, 0.15) is 56.6 Å². The second kappa shape index (κ2) is 10.7. The van der Waals surface area contributed by atoms with Crippen molar-refractivity contribution in [2.75, 3.05) is 13.1 Å². The molecule has 4 rings (SSSR count). The van der Waals surface area contributed by atoms with Crippen LogP contribution in [0, 0.1) is 17.8 Å². The van der Waals surface area contributed by atoms with Gasteiger partial charge in [0.25, 0.3) is 0 Å². The first-order valence-corrected chi connectivity index (χ1v) is 12.6. The van der Waals surface area contributed by atoms with Gasteiger partial charge in [0, 0.05) is 13.1 Å². The molecule has 0 bridgehead atoms. The largest absolute Gasteiger partial charge is 0.490 e. The predicted octanol–water partition coefficient (Wildman–Crippen LogP) is 7.29. The molecule has 2 aromatic rings. The van der Waals surface area contributed by atoms with E-state index in [0.717, 1.165) is 24.9 Å². The number of alkyl halides is 6. The molecule has 10 heteroatoms. The van der Waals surface area contributed by atoms with Gasteiger partial charge in [-0.05, 0) is 79.5 Å². The number of carboxylic acid groups (broad SMARTS) is 1. The number of fused-ring (bicyclic) bond motifs is 1. The van der Waals surface area contributed by atoms with Gasteiger partial charge in [0.05, 0.1) is 17.9 Å². The van der Waals surface area contributed by atoms with Crippen molar-refractivity contribution in [1.82, 2.24) is 4.90 Å². The number of rotatable bonds is 6. The number of likely N-dealkylation sites (tertiary alicyclic amines) is 1. The molecule has 0 spiro atoms. The smallest absolute Gasteiger partial charge is 0.420 e. The highest BCUT2D eigenvalue weighted by molar-refractivity contribution is 5.89. The van der Waals surface area contributed by atoms with E-state index in [0.29, 0.717) is 18.5 Å². The molecule has 2 atom stereocenters. The lowest BCUT2D eigenvalue weighted by Gasteiger charge is -2.34. The van der Waals surface area contributed by atoms with Gasteiger partial charge >= 0.3 is 18.3 Å². The predicted molar refractivity (Wildman–Crippen MR) is 126 cm³/mol. The summed E-state index contributed by atoms with van der Waals surface area (Å²) in [5, 5.41) is 9.70. The highest BCUT2D eigenvalue weighted by Crippen LogP contribution is 2.44. The molecular weight excluding hydrogens is 500 g/mol. The second-order valence-electron chi connectivity index (χ2n) is 10.4. The molecule has 0 aromatic heterocycles. The Labute approximate surface area is 211 Å². The first-order valence-electron chi connectivity index (χ1n) is 12.6. The lowest BCUT2D eigenvalue weighted by molar-refractivity contribution is -0.185. The fraction of sp³-hybridized carbons (Fsp3) is 0.593. The van der Waals surface area contributed by atoms with Crippen LogP contribution in [-0.2, 0) is 17.5 Å². The zero-order chi connectivity index (χ0) is 27.0. The van der Waals surface area contributed by atoms with Crippen LogP contribution in [0.5, 0.6) is 5.75 Å². The third-order valence-electron chi connectivity index (χ3n) is 7.80. The van der Waals surface area contributed by atoms with Crippen molar-refractivity contribution in [1.29, 1.82) is 0 Å². The quantitative estimate of drug-likeness (QED) is 0.398. The van der Waals surface area contributed by atoms with Crippen LogP contribution in [0.2, 0.25) is 0 Å². The van der Waals surface area contributed by atoms with Crippen molar-refractivity contribution in [2.24, 2.45) is 17.8 Å². The van der Waals surface area contributed by atoms with Gasteiger partial charge in [-0.3, -0.25) is 9.69 Å². The number of ether oxygens (including phenoxy) is 1. The zero-order valence-corrected chi connectivity index (χ0v) is 20.5. The number of benzene rings is 2. The Bertz CT molecular complexity index is 1110. The molecular formula is C27H31F6NO3. The van der Waals surface area contributed by atoms with Crippen LogP contribution < -0.4 is 4.74 Å². The second-order valence-corrected chi connectivity index (χ2v) is 10.4. The molecule has 1 N–H and O–H groups in total. The monoisotopic (exact) mass is 531 g/mol. The van der Waals surface area contributed by atoms with Crippen LogP contribution in [0.15, 0.2) is 30.3 Å². The molecule has 0 radical (unpaired) electrons. The summed E-state index contributed by atoms with van der Waals surface area (Å²) in [7, 11) is 0. The van der Waals surface area contributed by atoms with Gasteiger partial charge in [-0.2, -0.15) is 26.3 Å². The Hall–Kier alpha value is -2.49. The number of aliphatic carboxylic acids is 1. The summed E-state index contributed by atoms with van der Waals surface area (Å²) in [6, 6.07) is 7.57. The van der Waals surface area contributed by atoms with Crippen LogP contribution in [0.4, 0.5) is 26.3 Å². The molecule has 1 saturated heterocycles. The maximum Gasteiger partial charge on any atom is 0.420 e. The Kier molecular flexibility index (Phi) is 7.97. The van der Waals surface area contributed by atoms with Crippen LogP contribution in [-0.4, -0.2) is 41.3 Å². The molecule has 1 unspecified atom stereocenters. The molecule has 0 amide bonds. The standard InChI is InChI=1S/C27H31F6NO3/c1-16(25(35)36)19-3-2-12-34(15-19)14-17-4-10-22-18(13-17)5-11-23(24(22)27(31,32)33)37-21-8-6-20(7-9-21)26(28,29)30/h4-5,10-11,13,16,19-21H,2-3,6-9,12,14-15H2,1H3,(H,35,36)/t16?,19-,20?,21?/m0/s1. The van der Waals surface area contributed by atoms with Crippen molar-refractivity contribution in [3.63, 3.8) is 0 Å². The van der Waals surface area contributed by atoms with E-state index in [4.69, 9.17) is 4.74 Å². The molecule has 204 valence electrons. The topological polar surface area (TPSA) is 49.8 Å². The first kappa shape index (κ1) is 27.5. The van der Waals surface area contributed by atoms with E-state index in [1.165, 1.54) is 12.1 Å². The summed E-state index contributed by atoms with van der Waals surface area (Å²) >= 11 is 0. The van der Waals surface area contributed by atoms with Crippen LogP contribution in [0.25, 0.3) is 10.8 Å². The molecule has 1 aliphatic carbocycles. The lowest BCUT2D eigenvalue weighted by atomic mass is 9.86. The van der Waals surface area contributed by atoms with Gasteiger partial charge in [0.2, 0.25) is 0 Å². The summed E-state index contributed by atoms with van der Waals surface area (Å²) in [6.45, 7) is 3.61. The number of nitrogens with zero attached hydrogens (tertiary/aromatic N) is 1. The maximum absolute atomic E-state index is 14.1. The third-order valence-corrected chi connectivity index (χ3v) is 7.80. The van der Waals surface area contributed by atoms with E-state index in [9.17, 15) is 36.2 Å². The average molecular weight is 532 g/mol. The van der Waals surface area contributed by atoms with E-state index in [-0.39, 0.29) is 42.7 Å². The van der Waals surface area contributed by atoms with E-state index >= 15 is 0 Å². The average Bonchev–Trinajstić information content (AvgIpc) is 2.82. The van der Waals surface area contributed by atoms with Crippen molar-refractivity contribution in [3.8, 4) is 5.75 Å². The molecule has 1 aliphatic heterocycles. The Morgan fingerprint density at radius 2 is 1.76 bits per heavy atom. The van der Waals surface area contributed by atoms with E-state index in [1.54, 1.807) is 25.1 Å². The van der Waals surface area contributed by atoms with Gasteiger partial charge in [-0.1, -0.05) is 25.1 Å². The van der Waals surface area contributed by atoms with Crippen molar-refractivity contribution < 1.29 is 41.0 Å². The van der Waals surface area contributed by atoms with E-state index in [1.807, 2.05) is 0 Å². The third kappa shape index (κ3) is 6.51. The summed E-state index contributed by atoms with van der Waals surface area (Å²) in [4.78, 5) is 13.5. The fourth-order valence-electron chi connectivity index (χ4n) is 5.64. The number of carbonyl (C=O) groups is 1. The molecule has 37 heavy (non-hydrogen) atoms. The molecule has 2 aliphatic rings. The van der Waals surface area contributed by atoms with Gasteiger partial charge in [0.15, 0.2) is 0 Å². The van der Waals surface area contributed by atoms with Gasteiger partial charge < -0.3 is 9.84 Å². The molecule has 2 aromatic carbocycles. The molecule has 2 fully saturated rings. The van der Waals surface area contributed by atoms with E-state index in [2.05, 4.69) is 4.90 Å². The van der Waals surface area contributed by atoms with Gasteiger partial charge in [-0.25, -0.2) is 0 Å². The molecule has 1 saturated carbocycles. The highest BCUT2D eigenvalue weighted by Gasteiger charge is 2.43. The fourth-order valence-corrected chi connectivity index (χ4v) is 5.64. The number of carboxylic acids is 1. The van der Waals surface area contributed by atoms with Crippen LogP contribution in [0.3, 0.4) is 0 Å². The van der Waals surface area contributed by atoms with Crippen molar-refractivity contribution >= 4 is 16.7 Å². The molecule has 1 heterocycles. The van der Waals surface area contributed by atoms with Crippen LogP contribution >= 0.6 is 0 Å². The summed E-state index contributed by atoms with van der Waals surface area (Å²) in [5.74, 6) is -3.06. The Balaban J connectivity index is 1.52. The Morgan fingerprint density at radius 1 is 1.05 bits per heavy atom. The van der Waals surface area contributed by atoms with Crippen molar-refractivity contribution in [2.45, 2.75) is 70.4 Å². The first-order chi connectivity index (χ1) is 17.3. The summed E-state index contributed by atoms with van der Waals surface area (Å²) in [6.07, 6.45) is -8.22. The van der Waals surface area contributed by atoms with Crippen molar-refractivity contribution in [3.05, 3.63) is 41.5 Å². The zero-order valence-electron chi connectivity index (χ0n) is 20.5. The normalized spacial score (nSPS) is 24.7. The number of piperidine rings is 1. The summed E-state index contributed by atoms with van der Waals surface area (Å²) < 4.78 is 86.8. The van der Waals surface area contributed by atoms with Gasteiger partial charge in [0.1, 0.15) is 11.3 Å². The van der Waals surface area contributed by atoms with E-state index < -0.39 is 41.8 Å². The lowest BCUT2D eigenvalue weighted by Crippen LogP contribution is -2.39. The minimum absolute atomic E-state index is 0.0197. The maximum atomic E-state index is 14.1. The summed E-state index contributed by atoms with van der Waals surface area (Å²) in [5.41, 5.74) is -0.0915.